The number of nitrogens with zero attached hydrogens (tertiary/aromatic N) is 1. The van der Waals surface area contributed by atoms with Crippen LogP contribution in [0.4, 0.5) is 0 Å². The van der Waals surface area contributed by atoms with E-state index in [-0.39, 0.29) is 11.5 Å². The second kappa shape index (κ2) is 5.18. The monoisotopic (exact) mass is 244 g/mol. The average molecular weight is 244 g/mol. The van der Waals surface area contributed by atoms with Gasteiger partial charge in [-0.1, -0.05) is 11.6 Å². The summed E-state index contributed by atoms with van der Waals surface area (Å²) in [6, 6.07) is 8.27. The van der Waals surface area contributed by atoms with Crippen molar-refractivity contribution < 1.29 is 14.3 Å². The number of nitrogens with one attached hydrogen (secondary N) is 1. The van der Waals surface area contributed by atoms with E-state index in [0.29, 0.717) is 5.56 Å². The Kier molecular flexibility index (Phi) is 3.43. The van der Waals surface area contributed by atoms with Crippen LogP contribution in [0.25, 0.3) is 0 Å². The van der Waals surface area contributed by atoms with Gasteiger partial charge in [-0.3, -0.25) is 4.79 Å². The molecule has 5 heteroatoms. The van der Waals surface area contributed by atoms with Gasteiger partial charge in [-0.25, -0.2) is 5.43 Å². The van der Waals surface area contributed by atoms with Crippen LogP contribution in [0, 0.1) is 6.92 Å². The van der Waals surface area contributed by atoms with E-state index in [9.17, 15) is 9.90 Å². The lowest BCUT2D eigenvalue weighted by atomic mass is 10.1. The van der Waals surface area contributed by atoms with Crippen molar-refractivity contribution in [2.24, 2.45) is 5.10 Å². The Bertz CT molecular complexity index is 574. The molecule has 5 nitrogen and oxygen atoms in total. The van der Waals surface area contributed by atoms with Crippen LogP contribution in [0.1, 0.15) is 21.7 Å². The van der Waals surface area contributed by atoms with Gasteiger partial charge < -0.3 is 9.52 Å². The highest BCUT2D eigenvalue weighted by Crippen LogP contribution is 2.15. The van der Waals surface area contributed by atoms with Gasteiger partial charge >= 0.3 is 5.91 Å². The third-order valence-corrected chi connectivity index (χ3v) is 2.30. The third kappa shape index (κ3) is 2.76. The number of hydrogen-bond acceptors (Lipinski definition) is 4. The molecular formula is C13H12N2O3. The normalized spacial score (nSPS) is 10.7. The number of phenols is 1. The molecule has 2 rings (SSSR count). The van der Waals surface area contributed by atoms with E-state index >= 15 is 0 Å². The summed E-state index contributed by atoms with van der Waals surface area (Å²) in [5, 5.41) is 13.3. The molecule has 18 heavy (non-hydrogen) atoms. The van der Waals surface area contributed by atoms with Gasteiger partial charge in [-0.05, 0) is 31.2 Å². The Hall–Kier alpha value is -2.56. The maximum absolute atomic E-state index is 11.5. The van der Waals surface area contributed by atoms with Crippen LogP contribution in [0.15, 0.2) is 46.1 Å². The first kappa shape index (κ1) is 11.9. The molecule has 1 aromatic carbocycles. The van der Waals surface area contributed by atoms with Crippen LogP contribution in [0.2, 0.25) is 0 Å². The van der Waals surface area contributed by atoms with Crippen molar-refractivity contribution in [3.63, 3.8) is 0 Å². The fourth-order valence-corrected chi connectivity index (χ4v) is 1.40. The minimum atomic E-state index is -0.441. The maximum atomic E-state index is 11.5. The zero-order valence-electron chi connectivity index (χ0n) is 9.75. The molecule has 0 saturated carbocycles. The van der Waals surface area contributed by atoms with Crippen LogP contribution in [0.5, 0.6) is 5.75 Å². The Morgan fingerprint density at radius 1 is 1.44 bits per heavy atom. The summed E-state index contributed by atoms with van der Waals surface area (Å²) in [6.07, 6.45) is 2.79. The molecule has 0 saturated heterocycles. The minimum Gasteiger partial charge on any atom is -0.507 e. The molecule has 92 valence electrons. The lowest BCUT2D eigenvalue weighted by molar-refractivity contribution is 0.0927. The third-order valence-electron chi connectivity index (χ3n) is 2.30. The number of phenolic OH excluding ortho intramolecular Hbond substituents is 1. The smallest absolute Gasteiger partial charge is 0.307 e. The zero-order chi connectivity index (χ0) is 13.0. The first-order chi connectivity index (χ1) is 8.66. The lowest BCUT2D eigenvalue weighted by Gasteiger charge is -2.00. The summed E-state index contributed by atoms with van der Waals surface area (Å²) in [4.78, 5) is 11.5. The molecule has 0 unspecified atom stereocenters. The Labute approximate surface area is 104 Å². The number of carbonyl (C=O) groups excluding carboxylic acids is 1. The molecule has 0 aliphatic rings. The predicted octanol–water partition coefficient (Wildman–Crippen LogP) is 2.06. The number of aromatic hydroxyl groups is 1. The summed E-state index contributed by atoms with van der Waals surface area (Å²) in [7, 11) is 0. The number of carbonyl (C=O) groups is 1. The van der Waals surface area contributed by atoms with Gasteiger partial charge in [0.2, 0.25) is 0 Å². The lowest BCUT2D eigenvalue weighted by Crippen LogP contribution is -2.16. The van der Waals surface area contributed by atoms with Crippen LogP contribution >= 0.6 is 0 Å². The molecule has 0 fully saturated rings. The van der Waals surface area contributed by atoms with Crippen molar-refractivity contribution in [2.45, 2.75) is 6.92 Å². The molecular weight excluding hydrogens is 232 g/mol. The highest BCUT2D eigenvalue weighted by Gasteiger charge is 2.06. The highest BCUT2D eigenvalue weighted by molar-refractivity contribution is 5.92. The molecule has 1 amide bonds. The van der Waals surface area contributed by atoms with E-state index in [4.69, 9.17) is 4.42 Å². The van der Waals surface area contributed by atoms with E-state index < -0.39 is 5.91 Å². The van der Waals surface area contributed by atoms with Crippen molar-refractivity contribution in [3.05, 3.63) is 53.5 Å². The van der Waals surface area contributed by atoms with Gasteiger partial charge in [-0.15, -0.1) is 0 Å². The van der Waals surface area contributed by atoms with Gasteiger partial charge in [0.25, 0.3) is 0 Å². The van der Waals surface area contributed by atoms with Gasteiger partial charge in [-0.2, -0.15) is 5.10 Å². The molecule has 2 N–H and O–H groups in total. The predicted molar refractivity (Wildman–Crippen MR) is 66.6 cm³/mol. The van der Waals surface area contributed by atoms with Crippen LogP contribution in [-0.4, -0.2) is 17.2 Å². The number of hydrogen-bond donors (Lipinski definition) is 2. The summed E-state index contributed by atoms with van der Waals surface area (Å²) in [6.45, 7) is 1.90. The Morgan fingerprint density at radius 2 is 2.28 bits per heavy atom. The number of furan rings is 1. The zero-order valence-corrected chi connectivity index (χ0v) is 9.75. The summed E-state index contributed by atoms with van der Waals surface area (Å²) < 4.78 is 4.91. The molecule has 0 bridgehead atoms. The highest BCUT2D eigenvalue weighted by atomic mass is 16.3. The van der Waals surface area contributed by atoms with E-state index in [0.717, 1.165) is 5.56 Å². The standard InChI is InChI=1S/C13H12N2O3/c1-9-4-5-11(16)10(7-9)8-14-15-13(17)12-3-2-6-18-12/h2-8,16H,1H3,(H,15,17)/b14-8-. The number of amides is 1. The second-order valence-electron chi connectivity index (χ2n) is 3.74. The molecule has 0 aliphatic heterocycles. The van der Waals surface area contributed by atoms with Gasteiger partial charge in [0.05, 0.1) is 12.5 Å². The van der Waals surface area contributed by atoms with Crippen molar-refractivity contribution in [2.75, 3.05) is 0 Å². The minimum absolute atomic E-state index is 0.108. The molecule has 2 aromatic rings. The largest absolute Gasteiger partial charge is 0.507 e. The van der Waals surface area contributed by atoms with Gasteiger partial charge in [0, 0.05) is 5.56 Å². The van der Waals surface area contributed by atoms with Crippen molar-refractivity contribution in [1.82, 2.24) is 5.43 Å². The average Bonchev–Trinajstić information content (AvgIpc) is 2.87. The molecule has 0 radical (unpaired) electrons. The van der Waals surface area contributed by atoms with Crippen LogP contribution in [-0.2, 0) is 0 Å². The van der Waals surface area contributed by atoms with Gasteiger partial charge in [0.1, 0.15) is 5.75 Å². The topological polar surface area (TPSA) is 74.8 Å². The first-order valence-corrected chi connectivity index (χ1v) is 5.33. The number of rotatable bonds is 3. The number of hydrazone groups is 1. The molecule has 1 aromatic heterocycles. The summed E-state index contributed by atoms with van der Waals surface area (Å²) >= 11 is 0. The molecule has 0 atom stereocenters. The van der Waals surface area contributed by atoms with E-state index in [1.54, 1.807) is 24.3 Å². The number of aryl methyl sites for hydroxylation is 1. The Balaban J connectivity index is 2.03. The van der Waals surface area contributed by atoms with Crippen molar-refractivity contribution in [1.29, 1.82) is 0 Å². The maximum Gasteiger partial charge on any atom is 0.307 e. The van der Waals surface area contributed by atoms with Crippen LogP contribution in [0.3, 0.4) is 0 Å². The summed E-state index contributed by atoms with van der Waals surface area (Å²) in [5.74, 6) is -0.152. The molecule has 0 aliphatic carbocycles. The molecule has 0 spiro atoms. The Morgan fingerprint density at radius 3 is 3.00 bits per heavy atom. The van der Waals surface area contributed by atoms with E-state index in [1.165, 1.54) is 18.5 Å². The fourth-order valence-electron chi connectivity index (χ4n) is 1.40. The molecule has 1 heterocycles. The second-order valence-corrected chi connectivity index (χ2v) is 3.74. The first-order valence-electron chi connectivity index (χ1n) is 5.33. The quantitative estimate of drug-likeness (QED) is 0.641. The number of benzene rings is 1. The van der Waals surface area contributed by atoms with Crippen molar-refractivity contribution >= 4 is 12.1 Å². The van der Waals surface area contributed by atoms with E-state index in [2.05, 4.69) is 10.5 Å². The van der Waals surface area contributed by atoms with Crippen LogP contribution < -0.4 is 5.43 Å². The van der Waals surface area contributed by atoms with Crippen molar-refractivity contribution in [3.8, 4) is 5.75 Å². The van der Waals surface area contributed by atoms with Gasteiger partial charge in [0.15, 0.2) is 5.76 Å². The summed E-state index contributed by atoms with van der Waals surface area (Å²) in [5.41, 5.74) is 3.83. The van der Waals surface area contributed by atoms with E-state index in [1.807, 2.05) is 6.92 Å². The fraction of sp³-hybridized carbons (Fsp3) is 0.0769. The SMILES string of the molecule is Cc1ccc(O)c(/C=N\NC(=O)c2ccco2)c1.